The van der Waals surface area contributed by atoms with Crippen molar-refractivity contribution >= 4 is 17.9 Å². The van der Waals surface area contributed by atoms with Gasteiger partial charge in [0.1, 0.15) is 6.61 Å². The average Bonchev–Trinajstić information content (AvgIpc) is 2.66. The first-order valence-electron chi connectivity index (χ1n) is 11.0. The molecule has 0 heterocycles. The monoisotopic (exact) mass is 460 g/mol. The fourth-order valence-corrected chi connectivity index (χ4v) is 3.72. The second-order valence-corrected chi connectivity index (χ2v) is 9.25. The highest BCUT2D eigenvalue weighted by Crippen LogP contribution is 2.40. The molecule has 0 aromatic carbocycles. The number of rotatable bonds is 11. The van der Waals surface area contributed by atoms with Crippen molar-refractivity contribution < 1.29 is 34.4 Å². The SMILES string of the molecule is CC(C=CC1=C(C)CCCC1(C)C)=C/C=C\C(C)=CCOC(=O)CC(O)(CC(=O)O)C(=O)O. The van der Waals surface area contributed by atoms with E-state index in [0.29, 0.717) is 0 Å². The largest absolute Gasteiger partial charge is 0.481 e. The summed E-state index contributed by atoms with van der Waals surface area (Å²) in [7, 11) is 0. The van der Waals surface area contributed by atoms with Crippen molar-refractivity contribution in [2.75, 3.05) is 6.61 Å². The lowest BCUT2D eigenvalue weighted by molar-refractivity contribution is -0.171. The van der Waals surface area contributed by atoms with Crippen LogP contribution in [0.3, 0.4) is 0 Å². The van der Waals surface area contributed by atoms with E-state index in [1.807, 2.05) is 32.1 Å². The van der Waals surface area contributed by atoms with Crippen LogP contribution in [0, 0.1) is 5.41 Å². The third kappa shape index (κ3) is 9.61. The zero-order valence-electron chi connectivity index (χ0n) is 20.2. The Morgan fingerprint density at radius 1 is 1.09 bits per heavy atom. The standard InChI is InChI=1S/C26H36O7/c1-18(11-12-21-20(3)10-7-14-25(21,4)5)8-6-9-19(2)13-15-33-23(29)17-26(32,24(30)31)16-22(27)28/h6,8-9,11-13,32H,7,10,14-17H2,1-5H3,(H,27,28)(H,30,31)/b9-6-,12-11?,18-8?,19-13?. The van der Waals surface area contributed by atoms with Gasteiger partial charge in [0.05, 0.1) is 12.8 Å². The van der Waals surface area contributed by atoms with Gasteiger partial charge in [-0.2, -0.15) is 0 Å². The minimum atomic E-state index is -2.70. The Kier molecular flexibility index (Phi) is 10.5. The lowest BCUT2D eigenvalue weighted by Crippen LogP contribution is -2.43. The van der Waals surface area contributed by atoms with E-state index in [4.69, 9.17) is 14.9 Å². The number of carbonyl (C=O) groups excluding carboxylic acids is 1. The molecular weight excluding hydrogens is 424 g/mol. The molecule has 1 atom stereocenters. The second-order valence-electron chi connectivity index (χ2n) is 9.25. The number of hydrogen-bond donors (Lipinski definition) is 3. The number of hydrogen-bond acceptors (Lipinski definition) is 5. The number of esters is 1. The molecule has 0 amide bonds. The van der Waals surface area contributed by atoms with Gasteiger partial charge in [-0.3, -0.25) is 9.59 Å². The Morgan fingerprint density at radius 3 is 2.33 bits per heavy atom. The lowest BCUT2D eigenvalue weighted by Gasteiger charge is -2.32. The molecule has 33 heavy (non-hydrogen) atoms. The zero-order chi connectivity index (χ0) is 25.2. The molecule has 0 spiro atoms. The summed E-state index contributed by atoms with van der Waals surface area (Å²) >= 11 is 0. The first-order chi connectivity index (χ1) is 15.3. The summed E-state index contributed by atoms with van der Waals surface area (Å²) in [6, 6.07) is 0. The van der Waals surface area contributed by atoms with Crippen molar-refractivity contribution in [3.63, 3.8) is 0 Å². The van der Waals surface area contributed by atoms with Crippen molar-refractivity contribution in [1.82, 2.24) is 0 Å². The van der Waals surface area contributed by atoms with Gasteiger partial charge in [-0.05, 0) is 57.1 Å². The normalized spacial score (nSPS) is 19.1. The van der Waals surface area contributed by atoms with E-state index >= 15 is 0 Å². The van der Waals surface area contributed by atoms with Gasteiger partial charge in [0.15, 0.2) is 5.60 Å². The van der Waals surface area contributed by atoms with Crippen molar-refractivity contribution in [3.05, 3.63) is 58.7 Å². The average molecular weight is 461 g/mol. The van der Waals surface area contributed by atoms with Gasteiger partial charge in [0.2, 0.25) is 0 Å². The molecule has 1 rings (SSSR count). The van der Waals surface area contributed by atoms with Crippen molar-refractivity contribution in [1.29, 1.82) is 0 Å². The fraction of sp³-hybridized carbons (Fsp3) is 0.500. The highest BCUT2D eigenvalue weighted by Gasteiger charge is 2.41. The number of aliphatic carboxylic acids is 2. The van der Waals surface area contributed by atoms with Crippen molar-refractivity contribution in [2.45, 2.75) is 72.3 Å². The number of carboxylic acids is 2. The van der Waals surface area contributed by atoms with Crippen molar-refractivity contribution in [3.8, 4) is 0 Å². The Balaban J connectivity index is 2.62. The quantitative estimate of drug-likeness (QED) is 0.301. The molecule has 0 radical (unpaired) electrons. The van der Waals surface area contributed by atoms with Gasteiger partial charge < -0.3 is 20.1 Å². The Morgan fingerprint density at radius 2 is 1.76 bits per heavy atom. The van der Waals surface area contributed by atoms with Gasteiger partial charge in [-0.1, -0.05) is 60.9 Å². The summed E-state index contributed by atoms with van der Waals surface area (Å²) in [5.41, 5.74) is 2.27. The Hall–Kier alpha value is -2.93. The molecule has 0 bridgehead atoms. The first kappa shape index (κ1) is 28.1. The predicted octanol–water partition coefficient (Wildman–Crippen LogP) is 4.74. The van der Waals surface area contributed by atoms with E-state index in [2.05, 4.69) is 32.9 Å². The topological polar surface area (TPSA) is 121 Å². The number of carboxylic acid groups (broad SMARTS) is 2. The number of aliphatic hydroxyl groups is 1. The van der Waals surface area contributed by atoms with Gasteiger partial charge in [0.25, 0.3) is 0 Å². The van der Waals surface area contributed by atoms with Crippen LogP contribution in [0.15, 0.2) is 58.7 Å². The Labute approximate surface area is 195 Å². The smallest absolute Gasteiger partial charge is 0.336 e. The number of allylic oxidation sites excluding steroid dienone is 9. The molecule has 0 fully saturated rings. The van der Waals surface area contributed by atoms with Gasteiger partial charge in [-0.15, -0.1) is 0 Å². The van der Waals surface area contributed by atoms with Crippen LogP contribution < -0.4 is 0 Å². The molecule has 0 saturated heterocycles. The zero-order valence-corrected chi connectivity index (χ0v) is 20.2. The summed E-state index contributed by atoms with van der Waals surface area (Å²) in [6.45, 7) is 10.5. The lowest BCUT2D eigenvalue weighted by atomic mass is 9.72. The van der Waals surface area contributed by atoms with E-state index in [1.165, 1.54) is 24.0 Å². The van der Waals surface area contributed by atoms with Crippen molar-refractivity contribution in [2.24, 2.45) is 5.41 Å². The summed E-state index contributed by atoms with van der Waals surface area (Å²) in [5, 5.41) is 27.5. The molecule has 1 aliphatic rings. The molecule has 0 aromatic rings. The van der Waals surface area contributed by atoms with E-state index in [1.54, 1.807) is 6.08 Å². The molecule has 0 saturated carbocycles. The molecule has 0 aliphatic heterocycles. The van der Waals surface area contributed by atoms with Crippen LogP contribution in [-0.2, 0) is 19.1 Å². The summed E-state index contributed by atoms with van der Waals surface area (Å²) in [5.74, 6) is -4.31. The van der Waals surface area contributed by atoms with E-state index in [-0.39, 0.29) is 12.0 Å². The first-order valence-corrected chi connectivity index (χ1v) is 11.0. The molecule has 0 aromatic heterocycles. The number of carbonyl (C=O) groups is 3. The van der Waals surface area contributed by atoms with Gasteiger partial charge in [0, 0.05) is 0 Å². The minimum absolute atomic E-state index is 0.122. The second kappa shape index (κ2) is 12.3. The summed E-state index contributed by atoms with van der Waals surface area (Å²) in [6.07, 6.45) is 13.2. The predicted molar refractivity (Wildman–Crippen MR) is 127 cm³/mol. The van der Waals surface area contributed by atoms with Crippen LogP contribution in [0.2, 0.25) is 0 Å². The van der Waals surface area contributed by atoms with E-state index in [0.717, 1.165) is 17.6 Å². The van der Waals surface area contributed by atoms with E-state index in [9.17, 15) is 19.5 Å². The van der Waals surface area contributed by atoms with Crippen LogP contribution in [-0.4, -0.2) is 45.4 Å². The maximum atomic E-state index is 11.8. The minimum Gasteiger partial charge on any atom is -0.481 e. The molecule has 7 nitrogen and oxygen atoms in total. The molecule has 182 valence electrons. The van der Waals surface area contributed by atoms with Gasteiger partial charge >= 0.3 is 17.9 Å². The molecule has 1 unspecified atom stereocenters. The van der Waals surface area contributed by atoms with E-state index < -0.39 is 36.4 Å². The van der Waals surface area contributed by atoms with Crippen LogP contribution in [0.5, 0.6) is 0 Å². The third-order valence-corrected chi connectivity index (χ3v) is 5.70. The highest BCUT2D eigenvalue weighted by molar-refractivity contribution is 5.88. The summed E-state index contributed by atoms with van der Waals surface area (Å²) < 4.78 is 4.91. The fourth-order valence-electron chi connectivity index (χ4n) is 3.72. The number of ether oxygens (including phenoxy) is 1. The molecule has 7 heteroatoms. The maximum absolute atomic E-state index is 11.8. The van der Waals surface area contributed by atoms with Crippen LogP contribution >= 0.6 is 0 Å². The molecule has 1 aliphatic carbocycles. The van der Waals surface area contributed by atoms with Crippen LogP contribution in [0.1, 0.15) is 66.7 Å². The molecular formula is C26H36O7. The Bertz CT molecular complexity index is 900. The highest BCUT2D eigenvalue weighted by atomic mass is 16.5. The molecule has 3 N–H and O–H groups in total. The van der Waals surface area contributed by atoms with Crippen LogP contribution in [0.4, 0.5) is 0 Å². The van der Waals surface area contributed by atoms with Gasteiger partial charge in [-0.25, -0.2) is 4.79 Å². The summed E-state index contributed by atoms with van der Waals surface area (Å²) in [4.78, 5) is 33.6. The maximum Gasteiger partial charge on any atom is 0.336 e. The third-order valence-electron chi connectivity index (χ3n) is 5.70. The van der Waals surface area contributed by atoms with Crippen LogP contribution in [0.25, 0.3) is 0 Å².